The summed E-state index contributed by atoms with van der Waals surface area (Å²) in [6.45, 7) is 4.11. The average Bonchev–Trinajstić information content (AvgIpc) is 3.21. The summed E-state index contributed by atoms with van der Waals surface area (Å²) < 4.78 is 27.4. The molecular weight excluding hydrogens is 731 g/mol. The van der Waals surface area contributed by atoms with Gasteiger partial charge in [0.15, 0.2) is 5.78 Å². The summed E-state index contributed by atoms with van der Waals surface area (Å²) >= 11 is 0. The zero-order chi connectivity index (χ0) is 40.3. The summed E-state index contributed by atoms with van der Waals surface area (Å²) in [5.74, 6) is -1.46. The third kappa shape index (κ3) is 7.90. The maximum atomic E-state index is 14.1. The summed E-state index contributed by atoms with van der Waals surface area (Å²) in [6.07, 6.45) is 4.05. The predicted octanol–water partition coefficient (Wildman–Crippen LogP) is 5.97. The molecule has 2 aromatic heterocycles. The highest BCUT2D eigenvalue weighted by molar-refractivity contribution is 5.99. The molecule has 15 heteroatoms. The second-order valence-electron chi connectivity index (χ2n) is 15.3. The molecule has 3 aromatic carbocycles. The monoisotopic (exact) mass is 772 g/mol. The number of benzene rings is 3. The maximum absolute atomic E-state index is 14.1. The lowest BCUT2D eigenvalue weighted by atomic mass is 9.55. The number of carbonyl (C=O) groups excluding carboxylic acids is 1. The standard InChI is InChI=1S/C42H42F2N10O3/c1-41(33(17-35(41)56)51-37-26(19-45)21-48-39(53-37)47-15-12-25-8-5-7-24-6-3-4-9-29(24)25)13-14-42(2)34(18-36(42)57)52-38-27(20-46)22-49-40(54-38)50-23-32(55)30-11-10-28(43)16-31(30)44/h3-11,16,21-22,33-36,56-57H,12-15,17-18,23H2,1-2H3,(H2,47,48,51,53)(H2,49,50,52,54)/t33-,34-,35+,36+,41?,42?/m1/s1. The Bertz CT molecular complexity index is 2400. The van der Waals surface area contributed by atoms with Crippen molar-refractivity contribution in [1.29, 1.82) is 10.5 Å². The maximum Gasteiger partial charge on any atom is 0.225 e. The molecule has 0 aliphatic heterocycles. The summed E-state index contributed by atoms with van der Waals surface area (Å²) in [4.78, 5) is 30.1. The van der Waals surface area contributed by atoms with Crippen molar-refractivity contribution < 1.29 is 23.8 Å². The number of anilines is 4. The topological polar surface area (TPSA) is 205 Å². The van der Waals surface area contributed by atoms with Crippen molar-refractivity contribution in [3.63, 3.8) is 0 Å². The number of aromatic nitrogens is 4. The number of Topliss-reactive ketones (excluding diaryl/α,β-unsaturated/α-hetero) is 1. The summed E-state index contributed by atoms with van der Waals surface area (Å²) in [5, 5.41) is 56.9. The molecule has 7 rings (SSSR count). The number of halogens is 2. The molecule has 6 atom stereocenters. The molecular formula is C42H42F2N10O3. The van der Waals surface area contributed by atoms with Gasteiger partial charge >= 0.3 is 0 Å². The van der Waals surface area contributed by atoms with Crippen LogP contribution in [-0.4, -0.2) is 73.3 Å². The molecule has 0 spiro atoms. The first-order chi connectivity index (χ1) is 27.4. The summed E-state index contributed by atoms with van der Waals surface area (Å²) in [7, 11) is 0. The van der Waals surface area contributed by atoms with E-state index in [0.29, 0.717) is 50.1 Å². The first-order valence-corrected chi connectivity index (χ1v) is 18.8. The highest BCUT2D eigenvalue weighted by Crippen LogP contribution is 2.53. The normalized spacial score (nSPS) is 23.6. The number of ketones is 1. The third-order valence-electron chi connectivity index (χ3n) is 11.9. The number of nitriles is 2. The largest absolute Gasteiger partial charge is 0.392 e. The van der Waals surface area contributed by atoms with Crippen LogP contribution in [0.15, 0.2) is 73.1 Å². The molecule has 2 saturated carbocycles. The highest BCUT2D eigenvalue weighted by Gasteiger charge is 2.56. The first kappa shape index (κ1) is 39.0. The fourth-order valence-corrected chi connectivity index (χ4v) is 7.77. The minimum absolute atomic E-state index is 0.0117. The molecule has 292 valence electrons. The van der Waals surface area contributed by atoms with E-state index in [2.05, 4.69) is 77.6 Å². The first-order valence-electron chi connectivity index (χ1n) is 18.8. The molecule has 0 bridgehead atoms. The van der Waals surface area contributed by atoms with Crippen molar-refractivity contribution in [2.75, 3.05) is 34.4 Å². The lowest BCUT2D eigenvalue weighted by Crippen LogP contribution is -2.62. The van der Waals surface area contributed by atoms with Gasteiger partial charge in [0.1, 0.15) is 46.5 Å². The van der Waals surface area contributed by atoms with E-state index in [1.54, 1.807) is 0 Å². The van der Waals surface area contributed by atoms with Gasteiger partial charge in [-0.1, -0.05) is 56.3 Å². The van der Waals surface area contributed by atoms with Gasteiger partial charge in [0.2, 0.25) is 11.9 Å². The molecule has 2 aliphatic rings. The minimum atomic E-state index is -0.982. The fourth-order valence-electron chi connectivity index (χ4n) is 7.77. The number of carbonyl (C=O) groups is 1. The number of rotatable bonds is 15. The van der Waals surface area contributed by atoms with Crippen molar-refractivity contribution in [3.05, 3.63) is 107 Å². The van der Waals surface area contributed by atoms with Crippen LogP contribution < -0.4 is 21.3 Å². The predicted molar refractivity (Wildman–Crippen MR) is 210 cm³/mol. The van der Waals surface area contributed by atoms with Gasteiger partial charge in [-0.25, -0.2) is 18.7 Å². The van der Waals surface area contributed by atoms with E-state index >= 15 is 0 Å². The van der Waals surface area contributed by atoms with E-state index in [1.807, 2.05) is 32.0 Å². The molecule has 13 nitrogen and oxygen atoms in total. The van der Waals surface area contributed by atoms with Crippen molar-refractivity contribution in [2.45, 2.75) is 70.2 Å². The Labute approximate surface area is 328 Å². The Kier molecular flexibility index (Phi) is 11.0. The lowest BCUT2D eigenvalue weighted by Gasteiger charge is -2.56. The Morgan fingerprint density at radius 3 is 1.98 bits per heavy atom. The molecule has 0 radical (unpaired) electrons. The van der Waals surface area contributed by atoms with Gasteiger partial charge in [-0.3, -0.25) is 4.79 Å². The number of aliphatic hydroxyl groups excluding tert-OH is 2. The number of nitrogens with zero attached hydrogens (tertiary/aromatic N) is 6. The number of hydrogen-bond acceptors (Lipinski definition) is 13. The molecule has 5 aromatic rings. The van der Waals surface area contributed by atoms with E-state index in [4.69, 9.17) is 0 Å². The molecule has 6 N–H and O–H groups in total. The number of hydrogen-bond donors (Lipinski definition) is 6. The van der Waals surface area contributed by atoms with Gasteiger partial charge < -0.3 is 31.5 Å². The smallest absolute Gasteiger partial charge is 0.225 e. The van der Waals surface area contributed by atoms with Crippen LogP contribution in [0.2, 0.25) is 0 Å². The van der Waals surface area contributed by atoms with Crippen molar-refractivity contribution in [3.8, 4) is 12.1 Å². The summed E-state index contributed by atoms with van der Waals surface area (Å²) in [5.41, 5.74) is 0.0476. The second-order valence-corrected chi connectivity index (χ2v) is 15.3. The quantitative estimate of drug-likeness (QED) is 0.0680. The fraction of sp³-hybridized carbons (Fsp3) is 0.357. The Hall–Kier alpha value is -6.29. The van der Waals surface area contributed by atoms with E-state index in [9.17, 15) is 34.3 Å². The second kappa shape index (κ2) is 16.1. The van der Waals surface area contributed by atoms with Gasteiger partial charge in [0, 0.05) is 35.5 Å². The number of nitrogens with one attached hydrogen (secondary N) is 4. The molecule has 0 saturated heterocycles. The van der Waals surface area contributed by atoms with Gasteiger partial charge in [-0.15, -0.1) is 0 Å². The lowest BCUT2D eigenvalue weighted by molar-refractivity contribution is -0.107. The van der Waals surface area contributed by atoms with Crippen LogP contribution in [-0.2, 0) is 6.42 Å². The van der Waals surface area contributed by atoms with Crippen molar-refractivity contribution in [2.24, 2.45) is 10.8 Å². The molecule has 2 unspecified atom stereocenters. The van der Waals surface area contributed by atoms with Crippen LogP contribution >= 0.6 is 0 Å². The van der Waals surface area contributed by atoms with Gasteiger partial charge in [-0.2, -0.15) is 20.5 Å². The van der Waals surface area contributed by atoms with Crippen LogP contribution in [0.1, 0.15) is 66.6 Å². The van der Waals surface area contributed by atoms with Crippen LogP contribution in [0.5, 0.6) is 0 Å². The van der Waals surface area contributed by atoms with Crippen LogP contribution in [0.25, 0.3) is 10.8 Å². The number of fused-ring (bicyclic) bond motifs is 1. The Balaban J connectivity index is 0.981. The third-order valence-corrected chi connectivity index (χ3v) is 11.9. The minimum Gasteiger partial charge on any atom is -0.392 e. The zero-order valence-corrected chi connectivity index (χ0v) is 31.4. The Morgan fingerprint density at radius 2 is 1.40 bits per heavy atom. The highest BCUT2D eigenvalue weighted by atomic mass is 19.1. The molecule has 0 amide bonds. The number of aliphatic hydroxyl groups is 2. The van der Waals surface area contributed by atoms with E-state index in [1.165, 1.54) is 28.7 Å². The van der Waals surface area contributed by atoms with E-state index in [0.717, 1.165) is 18.6 Å². The molecule has 2 fully saturated rings. The summed E-state index contributed by atoms with van der Waals surface area (Å²) in [6, 6.07) is 20.8. The Morgan fingerprint density at radius 1 is 0.825 bits per heavy atom. The van der Waals surface area contributed by atoms with Gasteiger partial charge in [0.25, 0.3) is 0 Å². The van der Waals surface area contributed by atoms with Crippen LogP contribution in [0, 0.1) is 45.1 Å². The van der Waals surface area contributed by atoms with Crippen molar-refractivity contribution >= 4 is 40.1 Å². The van der Waals surface area contributed by atoms with Crippen LogP contribution in [0.4, 0.5) is 32.3 Å². The van der Waals surface area contributed by atoms with E-state index in [-0.39, 0.29) is 47.1 Å². The molecule has 2 heterocycles. The zero-order valence-electron chi connectivity index (χ0n) is 31.4. The van der Waals surface area contributed by atoms with Gasteiger partial charge in [0.05, 0.1) is 36.7 Å². The van der Waals surface area contributed by atoms with E-state index < -0.39 is 40.5 Å². The van der Waals surface area contributed by atoms with Crippen molar-refractivity contribution in [1.82, 2.24) is 19.9 Å². The SMILES string of the molecule is CC1(CCC2(C)[C@@H](O)C[C@H]2Nc2nc(NCC(=O)c3ccc(F)cc3F)ncc2C#N)[C@@H](O)C[C@H]1Nc1nc(NCCc2cccc3ccccc23)ncc1C#N. The van der Waals surface area contributed by atoms with Gasteiger partial charge in [-0.05, 0) is 60.6 Å². The molecule has 2 aliphatic carbocycles. The molecule has 57 heavy (non-hydrogen) atoms. The average molecular weight is 773 g/mol. The van der Waals surface area contributed by atoms with Crippen LogP contribution in [0.3, 0.4) is 0 Å².